The maximum absolute atomic E-state index is 14.7. The van der Waals surface area contributed by atoms with E-state index in [1.807, 2.05) is 43.7 Å². The smallest absolute Gasteiger partial charge is 0.412 e. The summed E-state index contributed by atoms with van der Waals surface area (Å²) in [4.78, 5) is 41.8. The third kappa shape index (κ3) is 7.02. The first kappa shape index (κ1) is 36.7. The fourth-order valence-corrected chi connectivity index (χ4v) is 9.37. The first-order valence-corrected chi connectivity index (χ1v) is 19.4. The molecular weight excluding hydrogens is 691 g/mol. The summed E-state index contributed by atoms with van der Waals surface area (Å²) in [5, 5.41) is 7.57. The van der Waals surface area contributed by atoms with Gasteiger partial charge in [0.25, 0.3) is 5.91 Å². The van der Waals surface area contributed by atoms with Crippen LogP contribution in [-0.4, -0.2) is 99.2 Å². The van der Waals surface area contributed by atoms with Crippen molar-refractivity contribution in [2.24, 2.45) is 5.92 Å². The highest BCUT2D eigenvalue weighted by Gasteiger charge is 2.50. The molecule has 0 saturated carbocycles. The van der Waals surface area contributed by atoms with Crippen molar-refractivity contribution in [3.05, 3.63) is 58.0 Å². The van der Waals surface area contributed by atoms with Crippen LogP contribution in [0.15, 0.2) is 24.3 Å². The SMILES string of the molecule is C[C@@H]1Cc2ccc(NC(=O)OC(C)(C)C)cc2[C@@]2(Cc3nc(OC[C@@]45CCCN4C[C@H](F)C5)nc(N4CCCn5nc(C(=O)N(C)C)cc5C4)c3CO2)C1. The van der Waals surface area contributed by atoms with Crippen molar-refractivity contribution in [1.82, 2.24) is 29.5 Å². The van der Waals surface area contributed by atoms with E-state index in [4.69, 9.17) is 24.2 Å². The second-order valence-electron chi connectivity index (χ2n) is 17.3. The molecule has 2 aromatic heterocycles. The van der Waals surface area contributed by atoms with Gasteiger partial charge in [-0.25, -0.2) is 9.18 Å². The molecule has 1 N–H and O–H groups in total. The minimum atomic E-state index is -0.861. The second-order valence-corrected chi connectivity index (χ2v) is 17.3. The van der Waals surface area contributed by atoms with E-state index in [0.717, 1.165) is 73.5 Å². The molecule has 4 atom stereocenters. The number of ether oxygens (including phenoxy) is 3. The zero-order valence-electron chi connectivity index (χ0n) is 32.4. The largest absolute Gasteiger partial charge is 0.461 e. The third-order valence-corrected chi connectivity index (χ3v) is 11.7. The summed E-state index contributed by atoms with van der Waals surface area (Å²) < 4.78 is 35.7. The maximum atomic E-state index is 14.7. The molecule has 5 aliphatic rings. The first-order chi connectivity index (χ1) is 25.7. The topological polar surface area (TPSA) is 127 Å². The van der Waals surface area contributed by atoms with E-state index in [1.54, 1.807) is 19.0 Å². The minimum Gasteiger partial charge on any atom is -0.461 e. The molecule has 1 aromatic carbocycles. The van der Waals surface area contributed by atoms with E-state index in [1.165, 1.54) is 5.56 Å². The number of alkyl halides is 1. The lowest BCUT2D eigenvalue weighted by Gasteiger charge is -2.45. The van der Waals surface area contributed by atoms with Gasteiger partial charge < -0.3 is 24.0 Å². The number of rotatable bonds is 6. The van der Waals surface area contributed by atoms with Gasteiger partial charge in [-0.15, -0.1) is 0 Å². The molecule has 1 spiro atoms. The molecule has 14 heteroatoms. The van der Waals surface area contributed by atoms with Crippen LogP contribution >= 0.6 is 0 Å². The number of halogens is 1. The summed E-state index contributed by atoms with van der Waals surface area (Å²) in [6.45, 7) is 11.6. The Morgan fingerprint density at radius 1 is 1.11 bits per heavy atom. The van der Waals surface area contributed by atoms with Gasteiger partial charge in [0.05, 0.1) is 35.7 Å². The Balaban J connectivity index is 1.15. The van der Waals surface area contributed by atoms with Crippen molar-refractivity contribution >= 4 is 23.5 Å². The number of hydrogen-bond donors (Lipinski definition) is 1. The van der Waals surface area contributed by atoms with E-state index in [0.29, 0.717) is 63.0 Å². The average Bonchev–Trinajstić information content (AvgIpc) is 3.73. The van der Waals surface area contributed by atoms with Crippen LogP contribution in [0.4, 0.5) is 20.7 Å². The predicted molar refractivity (Wildman–Crippen MR) is 200 cm³/mol. The van der Waals surface area contributed by atoms with Crippen LogP contribution in [-0.2, 0) is 47.6 Å². The molecule has 1 aliphatic carbocycles. The van der Waals surface area contributed by atoms with E-state index in [2.05, 4.69) is 33.2 Å². The Hall–Kier alpha value is -4.30. The van der Waals surface area contributed by atoms with Gasteiger partial charge in [0.15, 0.2) is 5.69 Å². The van der Waals surface area contributed by atoms with E-state index < -0.39 is 23.5 Å². The monoisotopic (exact) mass is 744 g/mol. The fourth-order valence-electron chi connectivity index (χ4n) is 9.37. The molecule has 0 bridgehead atoms. The Bertz CT molecular complexity index is 1950. The Kier molecular flexibility index (Phi) is 9.35. The van der Waals surface area contributed by atoms with Crippen LogP contribution in [0.25, 0.3) is 0 Å². The van der Waals surface area contributed by atoms with Crippen molar-refractivity contribution in [3.8, 4) is 6.01 Å². The lowest BCUT2D eigenvalue weighted by atomic mass is 9.71. The van der Waals surface area contributed by atoms with Crippen LogP contribution < -0.4 is 15.0 Å². The molecule has 2 saturated heterocycles. The number of carbonyl (C=O) groups excluding carboxylic acids is 2. The molecule has 6 heterocycles. The molecule has 13 nitrogen and oxygen atoms in total. The molecule has 3 aromatic rings. The number of anilines is 2. The number of carbonyl (C=O) groups is 2. The molecule has 8 rings (SSSR count). The predicted octanol–water partition coefficient (Wildman–Crippen LogP) is 5.64. The zero-order valence-corrected chi connectivity index (χ0v) is 32.4. The third-order valence-electron chi connectivity index (χ3n) is 11.7. The Labute approximate surface area is 316 Å². The number of aromatic nitrogens is 4. The summed E-state index contributed by atoms with van der Waals surface area (Å²) in [6.07, 6.45) is 3.99. The summed E-state index contributed by atoms with van der Waals surface area (Å²) in [6, 6.07) is 8.20. The summed E-state index contributed by atoms with van der Waals surface area (Å²) >= 11 is 0. The van der Waals surface area contributed by atoms with Gasteiger partial charge in [-0.2, -0.15) is 15.1 Å². The van der Waals surface area contributed by atoms with Crippen molar-refractivity contribution in [1.29, 1.82) is 0 Å². The Morgan fingerprint density at radius 3 is 2.74 bits per heavy atom. The van der Waals surface area contributed by atoms with Gasteiger partial charge in [0.1, 0.15) is 24.2 Å². The maximum Gasteiger partial charge on any atom is 0.412 e. The van der Waals surface area contributed by atoms with Crippen LogP contribution in [0.2, 0.25) is 0 Å². The van der Waals surface area contributed by atoms with Crippen molar-refractivity contribution in [2.75, 3.05) is 50.6 Å². The second kappa shape index (κ2) is 13.8. The molecule has 290 valence electrons. The minimum absolute atomic E-state index is 0.134. The van der Waals surface area contributed by atoms with E-state index in [9.17, 15) is 14.0 Å². The van der Waals surface area contributed by atoms with Gasteiger partial charge in [-0.05, 0) is 94.7 Å². The molecule has 0 radical (unpaired) electrons. The number of fused-ring (bicyclic) bond motifs is 5. The lowest BCUT2D eigenvalue weighted by Crippen LogP contribution is -2.44. The number of nitrogens with one attached hydrogen (secondary N) is 1. The quantitative estimate of drug-likeness (QED) is 0.339. The lowest BCUT2D eigenvalue weighted by molar-refractivity contribution is -0.0938. The fraction of sp³-hybridized carbons (Fsp3) is 0.625. The van der Waals surface area contributed by atoms with Gasteiger partial charge >= 0.3 is 12.1 Å². The van der Waals surface area contributed by atoms with Crippen molar-refractivity contribution in [2.45, 2.75) is 115 Å². The van der Waals surface area contributed by atoms with E-state index >= 15 is 0 Å². The number of amides is 2. The van der Waals surface area contributed by atoms with Crippen molar-refractivity contribution < 1.29 is 28.2 Å². The molecule has 2 fully saturated rings. The van der Waals surface area contributed by atoms with Gasteiger partial charge in [0, 0.05) is 57.8 Å². The molecule has 54 heavy (non-hydrogen) atoms. The molecule has 4 aliphatic heterocycles. The van der Waals surface area contributed by atoms with Crippen molar-refractivity contribution in [3.63, 3.8) is 0 Å². The number of hydrogen-bond acceptors (Lipinski definition) is 10. The number of benzene rings is 1. The summed E-state index contributed by atoms with van der Waals surface area (Å²) in [5.74, 6) is 0.972. The molecule has 0 unspecified atom stereocenters. The van der Waals surface area contributed by atoms with Crippen LogP contribution in [0.1, 0.15) is 98.4 Å². The number of aryl methyl sites for hydroxylation is 1. The molecular formula is C40H53FN8O5. The number of nitrogens with zero attached hydrogens (tertiary/aromatic N) is 7. The van der Waals surface area contributed by atoms with Crippen LogP contribution in [0, 0.1) is 5.92 Å². The van der Waals surface area contributed by atoms with Crippen LogP contribution in [0.5, 0.6) is 6.01 Å². The van der Waals surface area contributed by atoms with Crippen LogP contribution in [0.3, 0.4) is 0 Å². The summed E-state index contributed by atoms with van der Waals surface area (Å²) in [7, 11) is 3.46. The van der Waals surface area contributed by atoms with Gasteiger partial charge in [-0.3, -0.25) is 19.7 Å². The summed E-state index contributed by atoms with van der Waals surface area (Å²) in [5.41, 5.74) is 4.36. The zero-order chi connectivity index (χ0) is 38.0. The highest BCUT2D eigenvalue weighted by molar-refractivity contribution is 5.92. The van der Waals surface area contributed by atoms with Gasteiger partial charge in [-0.1, -0.05) is 13.0 Å². The Morgan fingerprint density at radius 2 is 1.94 bits per heavy atom. The average molecular weight is 745 g/mol. The van der Waals surface area contributed by atoms with E-state index in [-0.39, 0.29) is 17.5 Å². The standard InChI is InChI=1S/C40H53FN8O5/c1-25-15-26-9-10-28(42-37(51)54-38(2,3)4)16-31(26)40(18-25)20-33-30(23-53-40)34(44-36(43-33)52-24-39-11-7-13-48(39)21-27(41)19-39)47-12-8-14-49-29(22-47)17-32(45-49)35(50)46(5)6/h9-10,16-17,25,27H,7-8,11-15,18-24H2,1-6H3,(H,42,51)/t25-,27-,39+,40+/m1/s1. The highest BCUT2D eigenvalue weighted by Crippen LogP contribution is 2.49. The molecule has 2 amide bonds. The first-order valence-electron chi connectivity index (χ1n) is 19.4. The normalized spacial score (nSPS) is 26.4. The van der Waals surface area contributed by atoms with Gasteiger partial charge in [0.2, 0.25) is 0 Å². The highest BCUT2D eigenvalue weighted by atomic mass is 19.1.